The highest BCUT2D eigenvalue weighted by Gasteiger charge is 2.26. The lowest BCUT2D eigenvalue weighted by molar-refractivity contribution is 0.0739. The number of piperazine rings is 1. The predicted molar refractivity (Wildman–Crippen MR) is 78.3 cm³/mol. The van der Waals surface area contributed by atoms with Gasteiger partial charge in [-0.05, 0) is 19.1 Å². The fourth-order valence-corrected chi connectivity index (χ4v) is 2.56. The van der Waals surface area contributed by atoms with E-state index < -0.39 is 0 Å². The van der Waals surface area contributed by atoms with Crippen LogP contribution in [-0.4, -0.2) is 47.0 Å². The van der Waals surface area contributed by atoms with Crippen LogP contribution in [0.3, 0.4) is 0 Å². The number of anilines is 1. The monoisotopic (exact) mass is 286 g/mol. The first-order chi connectivity index (χ1) is 10.1. The maximum atomic E-state index is 12.4. The van der Waals surface area contributed by atoms with Crippen molar-refractivity contribution in [2.24, 2.45) is 0 Å². The minimum atomic E-state index is -0.0509. The van der Waals surface area contributed by atoms with Gasteiger partial charge in [-0.15, -0.1) is 0 Å². The molecule has 0 N–H and O–H groups in total. The SMILES string of the molecule is Cc1nc(C(=O)N2CCN(c3ccccn3)CC2)c(C)o1. The molecule has 0 aromatic carbocycles. The summed E-state index contributed by atoms with van der Waals surface area (Å²) in [6.45, 7) is 6.42. The zero-order chi connectivity index (χ0) is 14.8. The van der Waals surface area contributed by atoms with Crippen LogP contribution in [0.15, 0.2) is 28.8 Å². The van der Waals surface area contributed by atoms with Crippen LogP contribution in [0.4, 0.5) is 5.82 Å². The van der Waals surface area contributed by atoms with Gasteiger partial charge in [0.15, 0.2) is 11.6 Å². The number of carbonyl (C=O) groups excluding carboxylic acids is 1. The zero-order valence-corrected chi connectivity index (χ0v) is 12.2. The largest absolute Gasteiger partial charge is 0.445 e. The second kappa shape index (κ2) is 5.55. The van der Waals surface area contributed by atoms with Crippen molar-refractivity contribution in [3.8, 4) is 0 Å². The Balaban J connectivity index is 1.66. The number of rotatable bonds is 2. The Hall–Kier alpha value is -2.37. The van der Waals surface area contributed by atoms with E-state index in [0.717, 1.165) is 18.9 Å². The van der Waals surface area contributed by atoms with Crippen molar-refractivity contribution >= 4 is 11.7 Å². The van der Waals surface area contributed by atoms with Gasteiger partial charge in [-0.25, -0.2) is 9.97 Å². The summed E-state index contributed by atoms with van der Waals surface area (Å²) in [5.74, 6) is 2.02. The summed E-state index contributed by atoms with van der Waals surface area (Å²) in [6.07, 6.45) is 1.79. The number of hydrogen-bond donors (Lipinski definition) is 0. The number of aromatic nitrogens is 2. The molecular weight excluding hydrogens is 268 g/mol. The number of hydrogen-bond acceptors (Lipinski definition) is 5. The maximum Gasteiger partial charge on any atom is 0.276 e. The first kappa shape index (κ1) is 13.6. The molecule has 0 radical (unpaired) electrons. The van der Waals surface area contributed by atoms with Crippen molar-refractivity contribution in [1.29, 1.82) is 0 Å². The van der Waals surface area contributed by atoms with Gasteiger partial charge >= 0.3 is 0 Å². The van der Waals surface area contributed by atoms with Crippen LogP contribution in [0.25, 0.3) is 0 Å². The van der Waals surface area contributed by atoms with Gasteiger partial charge in [0.05, 0.1) is 0 Å². The Kier molecular flexibility index (Phi) is 3.60. The second-order valence-corrected chi connectivity index (χ2v) is 5.10. The molecule has 1 amide bonds. The van der Waals surface area contributed by atoms with E-state index >= 15 is 0 Å². The summed E-state index contributed by atoms with van der Waals surface area (Å²) >= 11 is 0. The van der Waals surface area contributed by atoms with Crippen LogP contribution in [0, 0.1) is 13.8 Å². The third-order valence-corrected chi connectivity index (χ3v) is 3.65. The first-order valence-electron chi connectivity index (χ1n) is 7.04. The molecule has 1 aliphatic rings. The number of oxazole rings is 1. The number of amides is 1. The van der Waals surface area contributed by atoms with E-state index in [0.29, 0.717) is 30.4 Å². The standard InChI is InChI=1S/C15H18N4O2/c1-11-14(17-12(2)21-11)15(20)19-9-7-18(8-10-19)13-5-3-4-6-16-13/h3-6H,7-10H2,1-2H3. The quantitative estimate of drug-likeness (QED) is 0.840. The second-order valence-electron chi connectivity index (χ2n) is 5.10. The van der Waals surface area contributed by atoms with Gasteiger partial charge in [0.2, 0.25) is 0 Å². The molecule has 1 fully saturated rings. The van der Waals surface area contributed by atoms with Crippen molar-refractivity contribution in [3.05, 3.63) is 41.7 Å². The van der Waals surface area contributed by atoms with E-state index in [1.165, 1.54) is 0 Å². The van der Waals surface area contributed by atoms with E-state index in [9.17, 15) is 4.79 Å². The summed E-state index contributed by atoms with van der Waals surface area (Å²) in [5, 5.41) is 0. The molecule has 6 nitrogen and oxygen atoms in total. The average molecular weight is 286 g/mol. The van der Waals surface area contributed by atoms with Gasteiger partial charge in [0.25, 0.3) is 5.91 Å². The minimum Gasteiger partial charge on any atom is -0.445 e. The van der Waals surface area contributed by atoms with Gasteiger partial charge < -0.3 is 14.2 Å². The minimum absolute atomic E-state index is 0.0509. The Bertz CT molecular complexity index is 630. The van der Waals surface area contributed by atoms with Crippen LogP contribution in [0.2, 0.25) is 0 Å². The Morgan fingerprint density at radius 1 is 1.19 bits per heavy atom. The average Bonchev–Trinajstić information content (AvgIpc) is 2.86. The van der Waals surface area contributed by atoms with E-state index in [4.69, 9.17) is 4.42 Å². The van der Waals surface area contributed by atoms with E-state index in [1.807, 2.05) is 23.1 Å². The number of pyridine rings is 1. The number of carbonyl (C=O) groups is 1. The summed E-state index contributed by atoms with van der Waals surface area (Å²) in [5.41, 5.74) is 0.429. The highest BCUT2D eigenvalue weighted by atomic mass is 16.4. The zero-order valence-electron chi connectivity index (χ0n) is 12.2. The molecule has 6 heteroatoms. The highest BCUT2D eigenvalue weighted by molar-refractivity contribution is 5.93. The lowest BCUT2D eigenvalue weighted by atomic mass is 10.2. The highest BCUT2D eigenvalue weighted by Crippen LogP contribution is 2.16. The molecule has 0 atom stereocenters. The molecule has 2 aromatic rings. The fourth-order valence-electron chi connectivity index (χ4n) is 2.56. The molecular formula is C15H18N4O2. The van der Waals surface area contributed by atoms with E-state index in [1.54, 1.807) is 20.0 Å². The molecule has 3 rings (SSSR count). The van der Waals surface area contributed by atoms with Gasteiger partial charge in [-0.2, -0.15) is 0 Å². The number of aryl methyl sites for hydroxylation is 2. The van der Waals surface area contributed by atoms with Crippen LogP contribution in [-0.2, 0) is 0 Å². The predicted octanol–water partition coefficient (Wildman–Crippen LogP) is 1.65. The van der Waals surface area contributed by atoms with Gasteiger partial charge in [0, 0.05) is 39.3 Å². The smallest absolute Gasteiger partial charge is 0.276 e. The molecule has 0 saturated carbocycles. The van der Waals surface area contributed by atoms with Crippen LogP contribution >= 0.6 is 0 Å². The molecule has 1 aliphatic heterocycles. The summed E-state index contributed by atoms with van der Waals surface area (Å²) < 4.78 is 5.34. The van der Waals surface area contributed by atoms with Gasteiger partial charge in [-0.3, -0.25) is 4.79 Å². The van der Waals surface area contributed by atoms with Crippen molar-refractivity contribution in [2.75, 3.05) is 31.1 Å². The Morgan fingerprint density at radius 2 is 1.95 bits per heavy atom. The van der Waals surface area contributed by atoms with Gasteiger partial charge in [0.1, 0.15) is 11.6 Å². The van der Waals surface area contributed by atoms with E-state index in [2.05, 4.69) is 14.9 Å². The number of nitrogens with zero attached hydrogens (tertiary/aromatic N) is 4. The third-order valence-electron chi connectivity index (χ3n) is 3.65. The summed E-state index contributed by atoms with van der Waals surface area (Å²) in [6, 6.07) is 5.86. The fraction of sp³-hybridized carbons (Fsp3) is 0.400. The van der Waals surface area contributed by atoms with Crippen LogP contribution in [0.1, 0.15) is 22.1 Å². The Morgan fingerprint density at radius 3 is 2.52 bits per heavy atom. The maximum absolute atomic E-state index is 12.4. The Labute approximate surface area is 123 Å². The molecule has 1 saturated heterocycles. The molecule has 0 bridgehead atoms. The normalized spacial score (nSPS) is 15.3. The van der Waals surface area contributed by atoms with Gasteiger partial charge in [-0.1, -0.05) is 6.07 Å². The van der Waals surface area contributed by atoms with E-state index in [-0.39, 0.29) is 5.91 Å². The lowest BCUT2D eigenvalue weighted by Crippen LogP contribution is -2.49. The molecule has 0 unspecified atom stereocenters. The first-order valence-corrected chi connectivity index (χ1v) is 7.04. The molecule has 0 spiro atoms. The molecule has 3 heterocycles. The third kappa shape index (κ3) is 2.74. The summed E-state index contributed by atoms with van der Waals surface area (Å²) in [7, 11) is 0. The van der Waals surface area contributed by atoms with Crippen molar-refractivity contribution in [2.45, 2.75) is 13.8 Å². The van der Waals surface area contributed by atoms with Crippen LogP contribution in [0.5, 0.6) is 0 Å². The topological polar surface area (TPSA) is 62.5 Å². The molecule has 0 aliphatic carbocycles. The van der Waals surface area contributed by atoms with Crippen molar-refractivity contribution in [1.82, 2.24) is 14.9 Å². The van der Waals surface area contributed by atoms with Crippen molar-refractivity contribution in [3.63, 3.8) is 0 Å². The van der Waals surface area contributed by atoms with Crippen molar-refractivity contribution < 1.29 is 9.21 Å². The lowest BCUT2D eigenvalue weighted by Gasteiger charge is -2.35. The molecule has 21 heavy (non-hydrogen) atoms. The molecule has 2 aromatic heterocycles. The van der Waals surface area contributed by atoms with Crippen LogP contribution < -0.4 is 4.90 Å². The summed E-state index contributed by atoms with van der Waals surface area (Å²) in [4.78, 5) is 25.0. The molecule has 110 valence electrons.